The number of amides is 1. The topological polar surface area (TPSA) is 72.9 Å². The van der Waals surface area contributed by atoms with Crippen molar-refractivity contribution in [2.75, 3.05) is 6.54 Å². The first kappa shape index (κ1) is 18.3. The zero-order valence-electron chi connectivity index (χ0n) is 13.0. The Labute approximate surface area is 141 Å². The Morgan fingerprint density at radius 1 is 1.29 bits per heavy atom. The summed E-state index contributed by atoms with van der Waals surface area (Å²) in [6, 6.07) is 5.65. The molecule has 0 saturated heterocycles. The highest BCUT2D eigenvalue weighted by molar-refractivity contribution is 6.30. The van der Waals surface area contributed by atoms with Crippen LogP contribution in [0.2, 0.25) is 5.02 Å². The molecule has 0 bridgehead atoms. The molecule has 1 heterocycles. The van der Waals surface area contributed by atoms with Crippen LogP contribution in [0.15, 0.2) is 30.5 Å². The molecule has 1 amide bonds. The maximum Gasteiger partial charge on any atom is 0.434 e. The molecule has 0 unspecified atom stereocenters. The van der Waals surface area contributed by atoms with Gasteiger partial charge in [0.05, 0.1) is 17.4 Å². The zero-order chi connectivity index (χ0) is 18.1. The average Bonchev–Trinajstić information content (AvgIpc) is 2.90. The second kappa shape index (κ2) is 6.45. The van der Waals surface area contributed by atoms with Crippen LogP contribution in [0, 0.1) is 0 Å². The molecule has 0 atom stereocenters. The van der Waals surface area contributed by atoms with Gasteiger partial charge in [0.25, 0.3) is 5.91 Å². The molecule has 1 aromatic heterocycles. The maximum absolute atomic E-state index is 13.5. The van der Waals surface area contributed by atoms with Gasteiger partial charge in [-0.15, -0.1) is 0 Å². The first-order valence-electron chi connectivity index (χ1n) is 6.97. The number of nitrogens with one attached hydrogen (secondary N) is 1. The minimum atomic E-state index is -4.76. The lowest BCUT2D eigenvalue weighted by molar-refractivity contribution is -0.143. The fourth-order valence-corrected chi connectivity index (χ4v) is 2.09. The van der Waals surface area contributed by atoms with Gasteiger partial charge in [-0.2, -0.15) is 18.3 Å². The van der Waals surface area contributed by atoms with Gasteiger partial charge < -0.3 is 11.1 Å². The Morgan fingerprint density at radius 3 is 2.38 bits per heavy atom. The van der Waals surface area contributed by atoms with Gasteiger partial charge in [0.1, 0.15) is 0 Å². The van der Waals surface area contributed by atoms with Gasteiger partial charge in [-0.25, -0.2) is 4.68 Å². The summed E-state index contributed by atoms with van der Waals surface area (Å²) in [6.07, 6.45) is -3.88. The molecule has 0 radical (unpaired) electrons. The summed E-state index contributed by atoms with van der Waals surface area (Å²) in [4.78, 5) is 12.1. The predicted molar refractivity (Wildman–Crippen MR) is 84.2 cm³/mol. The lowest BCUT2D eigenvalue weighted by Gasteiger charge is -2.19. The molecule has 24 heavy (non-hydrogen) atoms. The highest BCUT2D eigenvalue weighted by Gasteiger charge is 2.40. The van der Waals surface area contributed by atoms with E-state index in [4.69, 9.17) is 17.3 Å². The highest BCUT2D eigenvalue weighted by atomic mass is 35.5. The number of nitrogens with two attached hydrogens (primary N) is 1. The Morgan fingerprint density at radius 2 is 1.88 bits per heavy atom. The van der Waals surface area contributed by atoms with Crippen molar-refractivity contribution in [3.63, 3.8) is 0 Å². The van der Waals surface area contributed by atoms with E-state index in [1.54, 1.807) is 13.8 Å². The van der Waals surface area contributed by atoms with Crippen molar-refractivity contribution < 1.29 is 18.0 Å². The number of rotatable bonds is 4. The third kappa shape index (κ3) is 4.27. The number of carbonyl (C=O) groups excluding carboxylic acids is 1. The van der Waals surface area contributed by atoms with Crippen LogP contribution in [-0.2, 0) is 6.18 Å². The van der Waals surface area contributed by atoms with E-state index in [0.717, 1.165) is 6.20 Å². The van der Waals surface area contributed by atoms with Gasteiger partial charge in [-0.05, 0) is 38.1 Å². The van der Waals surface area contributed by atoms with E-state index >= 15 is 0 Å². The summed E-state index contributed by atoms with van der Waals surface area (Å²) in [5.74, 6) is -0.888. The number of aromatic nitrogens is 2. The molecule has 2 aromatic rings. The molecular formula is C15H16ClF3N4O. The standard InChI is InChI=1S/C15H16ClF3N4O/c1-14(2,20)8-21-13(24)11-7-22-23(12(11)15(17,18)19)10-5-3-9(16)4-6-10/h3-7H,8,20H2,1-2H3,(H,21,24). The monoisotopic (exact) mass is 360 g/mol. The number of hydrogen-bond acceptors (Lipinski definition) is 3. The normalized spacial score (nSPS) is 12.3. The molecule has 0 aliphatic carbocycles. The third-order valence-electron chi connectivity index (χ3n) is 3.06. The summed E-state index contributed by atoms with van der Waals surface area (Å²) in [5.41, 5.74) is 3.40. The Hall–Kier alpha value is -2.06. The van der Waals surface area contributed by atoms with Crippen molar-refractivity contribution in [3.8, 4) is 5.69 Å². The number of hydrogen-bond donors (Lipinski definition) is 2. The maximum atomic E-state index is 13.5. The summed E-state index contributed by atoms with van der Waals surface area (Å²) in [6.45, 7) is 3.32. The smallest absolute Gasteiger partial charge is 0.350 e. The van der Waals surface area contributed by atoms with E-state index in [-0.39, 0.29) is 12.2 Å². The molecular weight excluding hydrogens is 345 g/mol. The summed E-state index contributed by atoms with van der Waals surface area (Å²) in [7, 11) is 0. The molecule has 130 valence electrons. The number of benzene rings is 1. The minimum Gasteiger partial charge on any atom is -0.350 e. The van der Waals surface area contributed by atoms with Crippen molar-refractivity contribution in [2.45, 2.75) is 25.6 Å². The molecule has 0 aliphatic rings. The Bertz CT molecular complexity index is 733. The molecule has 0 aliphatic heterocycles. The van der Waals surface area contributed by atoms with Gasteiger partial charge in [0.15, 0.2) is 5.69 Å². The average molecular weight is 361 g/mol. The quantitative estimate of drug-likeness (QED) is 0.880. The van der Waals surface area contributed by atoms with Crippen LogP contribution in [0.4, 0.5) is 13.2 Å². The molecule has 3 N–H and O–H groups in total. The van der Waals surface area contributed by atoms with Crippen molar-refractivity contribution in [1.82, 2.24) is 15.1 Å². The second-order valence-corrected chi connectivity index (χ2v) is 6.40. The molecule has 0 saturated carbocycles. The van der Waals surface area contributed by atoms with Crippen molar-refractivity contribution >= 4 is 17.5 Å². The molecule has 5 nitrogen and oxygen atoms in total. The van der Waals surface area contributed by atoms with E-state index in [2.05, 4.69) is 10.4 Å². The van der Waals surface area contributed by atoms with E-state index in [1.165, 1.54) is 24.3 Å². The first-order valence-corrected chi connectivity index (χ1v) is 7.35. The van der Waals surface area contributed by atoms with Crippen LogP contribution in [0.1, 0.15) is 29.9 Å². The van der Waals surface area contributed by atoms with Crippen molar-refractivity contribution in [3.05, 3.63) is 46.7 Å². The molecule has 9 heteroatoms. The number of halogens is 4. The van der Waals surface area contributed by atoms with Crippen LogP contribution >= 0.6 is 11.6 Å². The van der Waals surface area contributed by atoms with Crippen LogP contribution in [0.25, 0.3) is 5.69 Å². The van der Waals surface area contributed by atoms with Crippen LogP contribution in [0.3, 0.4) is 0 Å². The highest BCUT2D eigenvalue weighted by Crippen LogP contribution is 2.33. The molecule has 0 fully saturated rings. The lowest BCUT2D eigenvalue weighted by atomic mass is 10.1. The summed E-state index contributed by atoms with van der Waals surface area (Å²) in [5, 5.41) is 6.47. The first-order chi connectivity index (χ1) is 11.0. The van der Waals surface area contributed by atoms with Gasteiger partial charge in [-0.3, -0.25) is 4.79 Å². The number of alkyl halides is 3. The van der Waals surface area contributed by atoms with Crippen molar-refractivity contribution in [2.24, 2.45) is 5.73 Å². The van der Waals surface area contributed by atoms with Gasteiger partial charge in [-0.1, -0.05) is 11.6 Å². The second-order valence-electron chi connectivity index (χ2n) is 5.96. The fraction of sp³-hybridized carbons (Fsp3) is 0.333. The van der Waals surface area contributed by atoms with Gasteiger partial charge in [0, 0.05) is 17.1 Å². The number of nitrogens with zero attached hydrogens (tertiary/aromatic N) is 2. The Balaban J connectivity index is 2.43. The van der Waals surface area contributed by atoms with Gasteiger partial charge in [0.2, 0.25) is 0 Å². The van der Waals surface area contributed by atoms with Crippen molar-refractivity contribution in [1.29, 1.82) is 0 Å². The minimum absolute atomic E-state index is 0.0231. The largest absolute Gasteiger partial charge is 0.434 e. The summed E-state index contributed by atoms with van der Waals surface area (Å²) >= 11 is 5.74. The fourth-order valence-electron chi connectivity index (χ4n) is 1.97. The van der Waals surface area contributed by atoms with Crippen LogP contribution in [0.5, 0.6) is 0 Å². The van der Waals surface area contributed by atoms with Gasteiger partial charge >= 0.3 is 6.18 Å². The van der Waals surface area contributed by atoms with E-state index in [0.29, 0.717) is 9.70 Å². The van der Waals surface area contributed by atoms with E-state index < -0.39 is 28.9 Å². The number of carbonyl (C=O) groups is 1. The zero-order valence-corrected chi connectivity index (χ0v) is 13.7. The van der Waals surface area contributed by atoms with Crippen LogP contribution in [-0.4, -0.2) is 27.8 Å². The molecule has 1 aromatic carbocycles. The summed E-state index contributed by atoms with van der Waals surface area (Å²) < 4.78 is 41.0. The van der Waals surface area contributed by atoms with E-state index in [9.17, 15) is 18.0 Å². The SMILES string of the molecule is CC(C)(N)CNC(=O)c1cnn(-c2ccc(Cl)cc2)c1C(F)(F)F. The molecule has 0 spiro atoms. The lowest BCUT2D eigenvalue weighted by Crippen LogP contribution is -2.45. The Kier molecular flexibility index (Phi) is 4.91. The molecule has 2 rings (SSSR count). The predicted octanol–water partition coefficient (Wildman–Crippen LogP) is 3.01. The third-order valence-corrected chi connectivity index (χ3v) is 3.31. The van der Waals surface area contributed by atoms with E-state index in [1.807, 2.05) is 0 Å². The van der Waals surface area contributed by atoms with Crippen LogP contribution < -0.4 is 11.1 Å².